The van der Waals surface area contributed by atoms with Crippen LogP contribution in [0.3, 0.4) is 0 Å². The van der Waals surface area contributed by atoms with Crippen molar-refractivity contribution in [3.63, 3.8) is 0 Å². The largest absolute Gasteiger partial charge is 0.452 e. The Morgan fingerprint density at radius 3 is 2.11 bits per heavy atom. The maximum Gasteiger partial charge on any atom is 0.317 e. The Morgan fingerprint density at radius 1 is 0.889 bits per heavy atom. The van der Waals surface area contributed by atoms with Crippen LogP contribution < -0.4 is 0 Å². The van der Waals surface area contributed by atoms with Gasteiger partial charge in [-0.3, -0.25) is 4.79 Å². The lowest BCUT2D eigenvalue weighted by Crippen LogP contribution is -2.14. The van der Waals surface area contributed by atoms with E-state index in [1.807, 2.05) is 84.9 Å². The third kappa shape index (κ3) is 4.20. The lowest BCUT2D eigenvalue weighted by molar-refractivity contribution is -0.144. The van der Waals surface area contributed by atoms with Gasteiger partial charge in [0.2, 0.25) is 0 Å². The number of rotatable bonds is 6. The highest BCUT2D eigenvalue weighted by Crippen LogP contribution is 2.28. The first-order valence-corrected chi connectivity index (χ1v) is 9.56. The number of aromatic nitrogens is 1. The zero-order valence-electron chi connectivity index (χ0n) is 14.4. The number of thioether (sulfide) groups is 1. The van der Waals surface area contributed by atoms with Crippen LogP contribution in [0.4, 0.5) is 0 Å². The van der Waals surface area contributed by atoms with Crippen molar-refractivity contribution in [2.45, 2.75) is 11.3 Å². The van der Waals surface area contributed by atoms with Crippen LogP contribution in [0, 0.1) is 0 Å². The van der Waals surface area contributed by atoms with Crippen LogP contribution in [0.25, 0.3) is 11.1 Å². The Balaban J connectivity index is 1.47. The first kappa shape index (κ1) is 17.4. The van der Waals surface area contributed by atoms with E-state index in [2.05, 4.69) is 4.98 Å². The number of para-hydroxylation sites is 2. The van der Waals surface area contributed by atoms with E-state index in [1.54, 1.807) is 0 Å². The Labute approximate surface area is 161 Å². The topological polar surface area (TPSA) is 52.3 Å². The van der Waals surface area contributed by atoms with Gasteiger partial charge in [0.25, 0.3) is 5.22 Å². The van der Waals surface area contributed by atoms with Gasteiger partial charge >= 0.3 is 5.97 Å². The Kier molecular flexibility index (Phi) is 5.21. The SMILES string of the molecule is O=C(CSc1nc2ccccc2o1)OC(c1ccccc1)c1ccccc1. The molecule has 0 aliphatic rings. The zero-order chi connectivity index (χ0) is 18.5. The molecule has 0 saturated carbocycles. The van der Waals surface area contributed by atoms with Crippen LogP contribution in [-0.4, -0.2) is 16.7 Å². The molecule has 134 valence electrons. The van der Waals surface area contributed by atoms with E-state index in [4.69, 9.17) is 9.15 Å². The smallest absolute Gasteiger partial charge is 0.317 e. The number of hydrogen-bond donors (Lipinski definition) is 0. The molecule has 0 bridgehead atoms. The van der Waals surface area contributed by atoms with Crippen molar-refractivity contribution in [3.8, 4) is 0 Å². The van der Waals surface area contributed by atoms with Gasteiger partial charge in [0.1, 0.15) is 11.3 Å². The van der Waals surface area contributed by atoms with Crippen LogP contribution in [0.5, 0.6) is 0 Å². The maximum atomic E-state index is 12.5. The lowest BCUT2D eigenvalue weighted by atomic mass is 10.0. The average Bonchev–Trinajstić information content (AvgIpc) is 3.15. The quantitative estimate of drug-likeness (QED) is 0.340. The molecule has 0 N–H and O–H groups in total. The molecular formula is C22H17NO3S. The van der Waals surface area contributed by atoms with E-state index in [0.717, 1.165) is 16.6 Å². The van der Waals surface area contributed by atoms with E-state index in [0.29, 0.717) is 10.8 Å². The van der Waals surface area contributed by atoms with Gasteiger partial charge in [0.15, 0.2) is 11.7 Å². The van der Waals surface area contributed by atoms with E-state index in [-0.39, 0.29) is 11.7 Å². The van der Waals surface area contributed by atoms with Crippen LogP contribution in [0.15, 0.2) is 94.6 Å². The molecular weight excluding hydrogens is 358 g/mol. The second-order valence-electron chi connectivity index (χ2n) is 5.93. The zero-order valence-corrected chi connectivity index (χ0v) is 15.3. The summed E-state index contributed by atoms with van der Waals surface area (Å²) in [6.07, 6.45) is -0.441. The number of oxazole rings is 1. The van der Waals surface area contributed by atoms with Crippen LogP contribution in [0.2, 0.25) is 0 Å². The molecule has 0 radical (unpaired) electrons. The van der Waals surface area contributed by atoms with Crippen molar-refractivity contribution in [2.75, 3.05) is 5.75 Å². The molecule has 27 heavy (non-hydrogen) atoms. The molecule has 1 heterocycles. The van der Waals surface area contributed by atoms with Gasteiger partial charge < -0.3 is 9.15 Å². The fourth-order valence-corrected chi connectivity index (χ4v) is 3.40. The number of nitrogens with zero attached hydrogens (tertiary/aromatic N) is 1. The fourth-order valence-electron chi connectivity index (χ4n) is 2.78. The average molecular weight is 375 g/mol. The summed E-state index contributed by atoms with van der Waals surface area (Å²) in [5, 5.41) is 0.462. The van der Waals surface area contributed by atoms with Gasteiger partial charge in [-0.05, 0) is 23.3 Å². The van der Waals surface area contributed by atoms with Gasteiger partial charge in [-0.15, -0.1) is 0 Å². The number of fused-ring (bicyclic) bond motifs is 1. The number of carbonyl (C=O) groups is 1. The molecule has 4 rings (SSSR count). The second kappa shape index (κ2) is 8.10. The summed E-state index contributed by atoms with van der Waals surface area (Å²) >= 11 is 1.23. The van der Waals surface area contributed by atoms with Crippen molar-refractivity contribution in [2.24, 2.45) is 0 Å². The third-order valence-corrected chi connectivity index (χ3v) is 4.84. The summed E-state index contributed by atoms with van der Waals surface area (Å²) in [5.74, 6) is -0.192. The van der Waals surface area contributed by atoms with Gasteiger partial charge in [0.05, 0.1) is 0 Å². The summed E-state index contributed by atoms with van der Waals surface area (Å²) in [7, 11) is 0. The highest BCUT2D eigenvalue weighted by Gasteiger charge is 2.19. The standard InChI is InChI=1S/C22H17NO3S/c24-20(15-27-22-23-18-13-7-8-14-19(18)25-22)26-21(16-9-3-1-4-10-16)17-11-5-2-6-12-17/h1-14,21H,15H2. The third-order valence-electron chi connectivity index (χ3n) is 4.04. The number of hydrogen-bond acceptors (Lipinski definition) is 5. The number of benzene rings is 3. The van der Waals surface area contributed by atoms with E-state index < -0.39 is 6.10 Å². The van der Waals surface area contributed by atoms with Crippen molar-refractivity contribution >= 4 is 28.8 Å². The Morgan fingerprint density at radius 2 is 1.48 bits per heavy atom. The molecule has 0 aliphatic heterocycles. The van der Waals surface area contributed by atoms with Crippen molar-refractivity contribution in [1.82, 2.24) is 4.98 Å². The highest BCUT2D eigenvalue weighted by molar-refractivity contribution is 7.99. The molecule has 0 fully saturated rings. The molecule has 4 nitrogen and oxygen atoms in total. The first-order chi connectivity index (χ1) is 13.3. The lowest BCUT2D eigenvalue weighted by Gasteiger charge is -2.18. The molecule has 0 unspecified atom stereocenters. The van der Waals surface area contributed by atoms with E-state index in [1.165, 1.54) is 11.8 Å². The molecule has 0 aliphatic carbocycles. The predicted octanol–water partition coefficient (Wildman–Crippen LogP) is 5.25. The van der Waals surface area contributed by atoms with E-state index >= 15 is 0 Å². The van der Waals surface area contributed by atoms with Gasteiger partial charge in [-0.25, -0.2) is 4.98 Å². The minimum absolute atomic E-state index is 0.128. The second-order valence-corrected chi connectivity index (χ2v) is 6.85. The molecule has 0 spiro atoms. The molecule has 3 aromatic carbocycles. The minimum Gasteiger partial charge on any atom is -0.452 e. The Hall–Kier alpha value is -3.05. The summed E-state index contributed by atoms with van der Waals surface area (Å²) in [5.41, 5.74) is 3.35. The number of ether oxygens (including phenoxy) is 1. The maximum absolute atomic E-state index is 12.5. The molecule has 4 aromatic rings. The molecule has 1 aromatic heterocycles. The predicted molar refractivity (Wildman–Crippen MR) is 106 cm³/mol. The normalized spacial score (nSPS) is 11.0. The summed E-state index contributed by atoms with van der Waals surface area (Å²) in [6.45, 7) is 0. The number of carbonyl (C=O) groups excluding carboxylic acids is 1. The highest BCUT2D eigenvalue weighted by atomic mass is 32.2. The van der Waals surface area contributed by atoms with Crippen LogP contribution in [0.1, 0.15) is 17.2 Å². The Bertz CT molecular complexity index is 959. The van der Waals surface area contributed by atoms with E-state index in [9.17, 15) is 4.79 Å². The summed E-state index contributed by atoms with van der Waals surface area (Å²) in [4.78, 5) is 16.8. The fraction of sp³-hybridized carbons (Fsp3) is 0.0909. The molecule has 5 heteroatoms. The van der Waals surface area contributed by atoms with Gasteiger partial charge in [-0.2, -0.15) is 0 Å². The van der Waals surface area contributed by atoms with Crippen molar-refractivity contribution in [3.05, 3.63) is 96.1 Å². The van der Waals surface area contributed by atoms with Crippen molar-refractivity contribution in [1.29, 1.82) is 0 Å². The monoisotopic (exact) mass is 375 g/mol. The number of esters is 1. The molecule has 0 atom stereocenters. The van der Waals surface area contributed by atoms with Crippen molar-refractivity contribution < 1.29 is 13.9 Å². The summed E-state index contributed by atoms with van der Waals surface area (Å²) < 4.78 is 11.4. The molecule has 0 saturated heterocycles. The van der Waals surface area contributed by atoms with Gasteiger partial charge in [-0.1, -0.05) is 84.6 Å². The first-order valence-electron chi connectivity index (χ1n) is 8.57. The summed E-state index contributed by atoms with van der Waals surface area (Å²) in [6, 6.07) is 27.0. The van der Waals surface area contributed by atoms with Crippen LogP contribution >= 0.6 is 11.8 Å². The minimum atomic E-state index is -0.441. The van der Waals surface area contributed by atoms with Crippen LogP contribution in [-0.2, 0) is 9.53 Å². The molecule has 0 amide bonds. The van der Waals surface area contributed by atoms with Gasteiger partial charge in [0, 0.05) is 0 Å².